The molecule has 1 N–H and O–H groups in total. The molecule has 17 heavy (non-hydrogen) atoms. The smallest absolute Gasteiger partial charge is 0.253 e. The summed E-state index contributed by atoms with van der Waals surface area (Å²) in [6, 6.07) is 3.07. The van der Waals surface area contributed by atoms with Gasteiger partial charge in [0.15, 0.2) is 0 Å². The van der Waals surface area contributed by atoms with Gasteiger partial charge in [-0.1, -0.05) is 0 Å². The van der Waals surface area contributed by atoms with Gasteiger partial charge in [-0.15, -0.1) is 11.3 Å². The van der Waals surface area contributed by atoms with Gasteiger partial charge in [0.1, 0.15) is 5.82 Å². The van der Waals surface area contributed by atoms with Gasteiger partial charge in [0.25, 0.3) is 5.91 Å². The average Bonchev–Trinajstić information content (AvgIpc) is 2.72. The minimum atomic E-state index is -0.519. The second-order valence-corrected chi connectivity index (χ2v) is 5.12. The minimum Gasteiger partial charge on any atom is -0.347 e. The number of amides is 1. The largest absolute Gasteiger partial charge is 0.347 e. The van der Waals surface area contributed by atoms with Gasteiger partial charge in [-0.2, -0.15) is 0 Å². The first-order valence-corrected chi connectivity index (χ1v) is 6.44. The first-order valence-electron chi connectivity index (χ1n) is 4.77. The lowest BCUT2D eigenvalue weighted by Crippen LogP contribution is -2.22. The summed E-state index contributed by atoms with van der Waals surface area (Å²) >= 11 is 4.91. The van der Waals surface area contributed by atoms with Gasteiger partial charge < -0.3 is 5.32 Å². The zero-order chi connectivity index (χ0) is 12.3. The molecule has 0 aliphatic heterocycles. The Balaban J connectivity index is 2.01. The number of hydrogen-bond acceptors (Lipinski definition) is 3. The fourth-order valence-electron chi connectivity index (χ4n) is 1.25. The maximum atomic E-state index is 12.9. The standard InChI is InChI=1S/C11H8BrFN2OS/c12-9-1-2-17-10(9)6-15-11(16)7-3-8(13)5-14-4-7/h1-5H,6H2,(H,15,16). The van der Waals surface area contributed by atoms with E-state index >= 15 is 0 Å². The Labute approximate surface area is 110 Å². The van der Waals surface area contributed by atoms with E-state index in [9.17, 15) is 9.18 Å². The van der Waals surface area contributed by atoms with Crippen molar-refractivity contribution in [1.82, 2.24) is 10.3 Å². The molecule has 2 aromatic heterocycles. The molecule has 0 saturated carbocycles. The molecule has 6 heteroatoms. The molecule has 2 heterocycles. The summed E-state index contributed by atoms with van der Waals surface area (Å²) in [5.74, 6) is -0.854. The van der Waals surface area contributed by atoms with E-state index in [0.717, 1.165) is 21.6 Å². The fraction of sp³-hybridized carbons (Fsp3) is 0.0909. The quantitative estimate of drug-likeness (QED) is 0.946. The molecule has 0 atom stereocenters. The normalized spacial score (nSPS) is 10.2. The van der Waals surface area contributed by atoms with Crippen molar-refractivity contribution in [1.29, 1.82) is 0 Å². The maximum Gasteiger partial charge on any atom is 0.253 e. The number of nitrogens with one attached hydrogen (secondary N) is 1. The molecule has 0 radical (unpaired) electrons. The van der Waals surface area contributed by atoms with E-state index in [0.29, 0.717) is 6.54 Å². The lowest BCUT2D eigenvalue weighted by atomic mass is 10.2. The molecule has 2 aromatic rings. The summed E-state index contributed by atoms with van der Waals surface area (Å²) in [5.41, 5.74) is 0.220. The molecule has 0 bridgehead atoms. The topological polar surface area (TPSA) is 42.0 Å². The average molecular weight is 315 g/mol. The van der Waals surface area contributed by atoms with Gasteiger partial charge in [-0.25, -0.2) is 4.39 Å². The van der Waals surface area contributed by atoms with Crippen LogP contribution < -0.4 is 5.32 Å². The van der Waals surface area contributed by atoms with Crippen LogP contribution in [0.3, 0.4) is 0 Å². The Kier molecular flexibility index (Phi) is 3.86. The van der Waals surface area contributed by atoms with Crippen molar-refractivity contribution in [2.75, 3.05) is 0 Å². The van der Waals surface area contributed by atoms with Crippen molar-refractivity contribution in [3.05, 3.63) is 50.6 Å². The third-order valence-corrected chi connectivity index (χ3v) is 3.99. The van der Waals surface area contributed by atoms with Gasteiger partial charge in [-0.05, 0) is 33.4 Å². The van der Waals surface area contributed by atoms with Crippen molar-refractivity contribution >= 4 is 33.2 Å². The van der Waals surface area contributed by atoms with Crippen molar-refractivity contribution in [3.8, 4) is 0 Å². The van der Waals surface area contributed by atoms with Crippen molar-refractivity contribution in [3.63, 3.8) is 0 Å². The molecule has 0 unspecified atom stereocenters. The van der Waals surface area contributed by atoms with Gasteiger partial charge in [-0.3, -0.25) is 9.78 Å². The minimum absolute atomic E-state index is 0.220. The van der Waals surface area contributed by atoms with Crippen molar-refractivity contribution < 1.29 is 9.18 Å². The number of halogens is 2. The first-order chi connectivity index (χ1) is 8.16. The summed E-state index contributed by atoms with van der Waals surface area (Å²) < 4.78 is 13.8. The van der Waals surface area contributed by atoms with Crippen LogP contribution in [0.15, 0.2) is 34.4 Å². The highest BCUT2D eigenvalue weighted by molar-refractivity contribution is 9.10. The Morgan fingerprint density at radius 3 is 3.00 bits per heavy atom. The molecule has 0 aliphatic carbocycles. The van der Waals surface area contributed by atoms with E-state index < -0.39 is 5.82 Å². The highest BCUT2D eigenvalue weighted by atomic mass is 79.9. The number of rotatable bonds is 3. The first kappa shape index (κ1) is 12.2. The second kappa shape index (κ2) is 5.37. The van der Waals surface area contributed by atoms with E-state index in [1.807, 2.05) is 11.4 Å². The Bertz CT molecular complexity index is 544. The summed E-state index contributed by atoms with van der Waals surface area (Å²) in [6.07, 6.45) is 2.40. The van der Waals surface area contributed by atoms with Crippen LogP contribution in [0.25, 0.3) is 0 Å². The maximum absolute atomic E-state index is 12.9. The zero-order valence-corrected chi connectivity index (χ0v) is 11.0. The molecule has 0 aromatic carbocycles. The number of aromatic nitrogens is 1. The van der Waals surface area contributed by atoms with Crippen LogP contribution in [-0.2, 0) is 6.54 Å². The van der Waals surface area contributed by atoms with Crippen LogP contribution in [0.2, 0.25) is 0 Å². The monoisotopic (exact) mass is 314 g/mol. The predicted octanol–water partition coefficient (Wildman–Crippen LogP) is 2.97. The zero-order valence-electron chi connectivity index (χ0n) is 8.61. The van der Waals surface area contributed by atoms with Crippen LogP contribution in [-0.4, -0.2) is 10.9 Å². The second-order valence-electron chi connectivity index (χ2n) is 3.27. The lowest BCUT2D eigenvalue weighted by Gasteiger charge is -2.03. The number of thiophene rings is 1. The van der Waals surface area contributed by atoms with Gasteiger partial charge >= 0.3 is 0 Å². The fourth-order valence-corrected chi connectivity index (χ4v) is 2.68. The van der Waals surface area contributed by atoms with Crippen molar-refractivity contribution in [2.45, 2.75) is 6.54 Å². The highest BCUT2D eigenvalue weighted by Gasteiger charge is 2.08. The molecule has 88 valence electrons. The molecule has 0 fully saturated rings. The van der Waals surface area contributed by atoms with Crippen molar-refractivity contribution in [2.24, 2.45) is 0 Å². The third-order valence-electron chi connectivity index (χ3n) is 2.07. The van der Waals surface area contributed by atoms with Crippen LogP contribution in [0.1, 0.15) is 15.2 Å². The van der Waals surface area contributed by atoms with Crippen LogP contribution in [0.5, 0.6) is 0 Å². The molecule has 0 saturated heterocycles. The summed E-state index contributed by atoms with van der Waals surface area (Å²) in [6.45, 7) is 0.410. The van der Waals surface area contributed by atoms with E-state index in [1.54, 1.807) is 0 Å². The molecule has 1 amide bonds. The molecular formula is C11H8BrFN2OS. The lowest BCUT2D eigenvalue weighted by molar-refractivity contribution is 0.0950. The number of hydrogen-bond donors (Lipinski definition) is 1. The molecule has 3 nitrogen and oxygen atoms in total. The number of carbonyl (C=O) groups excluding carboxylic acids is 1. The SMILES string of the molecule is O=C(NCc1sccc1Br)c1cncc(F)c1. The van der Waals surface area contributed by atoms with E-state index in [-0.39, 0.29) is 11.5 Å². The van der Waals surface area contributed by atoms with Crippen LogP contribution >= 0.6 is 27.3 Å². The molecule has 0 spiro atoms. The Morgan fingerprint density at radius 2 is 2.35 bits per heavy atom. The number of carbonyl (C=O) groups is 1. The Hall–Kier alpha value is -1.27. The van der Waals surface area contributed by atoms with E-state index in [2.05, 4.69) is 26.2 Å². The van der Waals surface area contributed by atoms with Gasteiger partial charge in [0.2, 0.25) is 0 Å². The van der Waals surface area contributed by atoms with E-state index in [1.165, 1.54) is 17.5 Å². The van der Waals surface area contributed by atoms with Crippen LogP contribution in [0, 0.1) is 5.82 Å². The molecule has 2 rings (SSSR count). The predicted molar refractivity (Wildman–Crippen MR) is 67.4 cm³/mol. The summed E-state index contributed by atoms with van der Waals surface area (Å²) in [7, 11) is 0. The van der Waals surface area contributed by atoms with Crippen LogP contribution in [0.4, 0.5) is 4.39 Å². The Morgan fingerprint density at radius 1 is 1.53 bits per heavy atom. The molecular weight excluding hydrogens is 307 g/mol. The van der Waals surface area contributed by atoms with Gasteiger partial charge in [0, 0.05) is 15.5 Å². The summed E-state index contributed by atoms with van der Waals surface area (Å²) in [5, 5.41) is 4.63. The number of nitrogens with zero attached hydrogens (tertiary/aromatic N) is 1. The summed E-state index contributed by atoms with van der Waals surface area (Å²) in [4.78, 5) is 16.3. The number of pyridine rings is 1. The third kappa shape index (κ3) is 3.10. The van der Waals surface area contributed by atoms with E-state index in [4.69, 9.17) is 0 Å². The highest BCUT2D eigenvalue weighted by Crippen LogP contribution is 2.22. The molecule has 0 aliphatic rings. The van der Waals surface area contributed by atoms with Gasteiger partial charge in [0.05, 0.1) is 18.3 Å².